The van der Waals surface area contributed by atoms with Gasteiger partial charge in [-0.05, 0) is 30.5 Å². The van der Waals surface area contributed by atoms with Crippen molar-refractivity contribution in [1.29, 1.82) is 0 Å². The van der Waals surface area contributed by atoms with E-state index in [9.17, 15) is 0 Å². The lowest BCUT2D eigenvalue weighted by Crippen LogP contribution is -2.16. The highest BCUT2D eigenvalue weighted by atomic mass is 35.5. The van der Waals surface area contributed by atoms with Gasteiger partial charge < -0.3 is 14.2 Å². The van der Waals surface area contributed by atoms with Crippen LogP contribution in [0, 0.1) is 0 Å². The van der Waals surface area contributed by atoms with Crippen LogP contribution in [0.25, 0.3) is 0 Å². The van der Waals surface area contributed by atoms with Gasteiger partial charge in [-0.25, -0.2) is 0 Å². The fourth-order valence-electron chi connectivity index (χ4n) is 1.88. The minimum absolute atomic E-state index is 0.208. The molecule has 1 aliphatic heterocycles. The number of benzene rings is 1. The molecule has 1 unspecified atom stereocenters. The first-order valence-electron chi connectivity index (χ1n) is 5.80. The molecule has 0 spiro atoms. The molecule has 94 valence electrons. The monoisotopic (exact) mass is 256 g/mol. The summed E-state index contributed by atoms with van der Waals surface area (Å²) in [6.07, 6.45) is 2.39. The summed E-state index contributed by atoms with van der Waals surface area (Å²) in [7, 11) is 1.63. The molecule has 1 aromatic rings. The van der Waals surface area contributed by atoms with E-state index in [0.717, 1.165) is 36.5 Å². The second-order valence-corrected chi connectivity index (χ2v) is 4.33. The number of alkyl halides is 1. The summed E-state index contributed by atoms with van der Waals surface area (Å²) in [4.78, 5) is 0. The third-order valence-corrected chi connectivity index (χ3v) is 3.14. The largest absolute Gasteiger partial charge is 0.493 e. The zero-order valence-corrected chi connectivity index (χ0v) is 10.7. The van der Waals surface area contributed by atoms with Crippen LogP contribution in [0.3, 0.4) is 0 Å². The summed E-state index contributed by atoms with van der Waals surface area (Å²) in [6, 6.07) is 5.73. The number of halogens is 1. The average Bonchev–Trinajstić information content (AvgIpc) is 2.89. The van der Waals surface area contributed by atoms with Crippen molar-refractivity contribution in [2.75, 3.05) is 20.3 Å². The van der Waals surface area contributed by atoms with E-state index >= 15 is 0 Å². The molecule has 4 heteroatoms. The second-order valence-electron chi connectivity index (χ2n) is 4.06. The van der Waals surface area contributed by atoms with E-state index in [1.165, 1.54) is 0 Å². The fourth-order valence-corrected chi connectivity index (χ4v) is 2.04. The summed E-state index contributed by atoms with van der Waals surface area (Å²) in [5.74, 6) is 1.94. The summed E-state index contributed by atoms with van der Waals surface area (Å²) in [5, 5.41) is 0. The van der Waals surface area contributed by atoms with Crippen molar-refractivity contribution in [3.63, 3.8) is 0 Å². The van der Waals surface area contributed by atoms with Gasteiger partial charge in [0.05, 0.1) is 13.2 Å². The summed E-state index contributed by atoms with van der Waals surface area (Å²) in [5.41, 5.74) is 1.02. The standard InChI is InChI=1S/C13H17ClO3/c1-15-12-5-4-10(8-14)7-13(12)17-9-11-3-2-6-16-11/h4-5,7,11H,2-3,6,8-9H2,1H3. The van der Waals surface area contributed by atoms with E-state index in [2.05, 4.69) is 0 Å². The predicted octanol–water partition coefficient (Wildman–Crippen LogP) is 2.99. The molecule has 1 aromatic carbocycles. The Kier molecular flexibility index (Phi) is 4.51. The van der Waals surface area contributed by atoms with E-state index in [-0.39, 0.29) is 6.10 Å². The zero-order valence-electron chi connectivity index (χ0n) is 9.95. The molecule has 0 radical (unpaired) electrons. The highest BCUT2D eigenvalue weighted by Crippen LogP contribution is 2.29. The van der Waals surface area contributed by atoms with Crippen molar-refractivity contribution in [3.8, 4) is 11.5 Å². The van der Waals surface area contributed by atoms with Crippen molar-refractivity contribution in [2.45, 2.75) is 24.8 Å². The van der Waals surface area contributed by atoms with Gasteiger partial charge >= 0.3 is 0 Å². The van der Waals surface area contributed by atoms with Gasteiger partial charge in [-0.15, -0.1) is 11.6 Å². The van der Waals surface area contributed by atoms with Crippen molar-refractivity contribution in [1.82, 2.24) is 0 Å². The molecule has 0 amide bonds. The topological polar surface area (TPSA) is 27.7 Å². The van der Waals surface area contributed by atoms with Crippen LogP contribution in [0.5, 0.6) is 11.5 Å². The van der Waals surface area contributed by atoms with Gasteiger partial charge in [0.1, 0.15) is 6.61 Å². The molecule has 1 saturated heterocycles. The molecular formula is C13H17ClO3. The molecule has 1 heterocycles. The van der Waals surface area contributed by atoms with E-state index in [4.69, 9.17) is 25.8 Å². The molecule has 1 aliphatic rings. The van der Waals surface area contributed by atoms with Crippen LogP contribution in [-0.2, 0) is 10.6 Å². The van der Waals surface area contributed by atoms with Gasteiger partial charge in [-0.2, -0.15) is 0 Å². The first-order chi connectivity index (χ1) is 8.33. The minimum Gasteiger partial charge on any atom is -0.493 e. The summed E-state index contributed by atoms with van der Waals surface area (Å²) < 4.78 is 16.5. The van der Waals surface area contributed by atoms with Gasteiger partial charge in [0, 0.05) is 12.5 Å². The molecule has 1 fully saturated rings. The van der Waals surface area contributed by atoms with E-state index in [1.807, 2.05) is 18.2 Å². The Hall–Kier alpha value is -0.930. The molecule has 2 rings (SSSR count). The number of hydrogen-bond donors (Lipinski definition) is 0. The highest BCUT2D eigenvalue weighted by molar-refractivity contribution is 6.17. The molecule has 1 atom stereocenters. The highest BCUT2D eigenvalue weighted by Gasteiger charge is 2.17. The summed E-state index contributed by atoms with van der Waals surface area (Å²) in [6.45, 7) is 1.41. The number of rotatable bonds is 5. The van der Waals surface area contributed by atoms with Crippen molar-refractivity contribution < 1.29 is 14.2 Å². The molecule has 0 bridgehead atoms. The van der Waals surface area contributed by atoms with Crippen molar-refractivity contribution >= 4 is 11.6 Å². The fraction of sp³-hybridized carbons (Fsp3) is 0.538. The molecule has 0 aromatic heterocycles. The van der Waals surface area contributed by atoms with E-state index in [1.54, 1.807) is 7.11 Å². The van der Waals surface area contributed by atoms with Crippen LogP contribution in [0.4, 0.5) is 0 Å². The van der Waals surface area contributed by atoms with Crippen LogP contribution >= 0.6 is 11.6 Å². The van der Waals surface area contributed by atoms with Gasteiger partial charge in [0.25, 0.3) is 0 Å². The smallest absolute Gasteiger partial charge is 0.161 e. The number of methoxy groups -OCH3 is 1. The normalized spacial score (nSPS) is 19.3. The van der Waals surface area contributed by atoms with Gasteiger partial charge in [0.2, 0.25) is 0 Å². The number of hydrogen-bond acceptors (Lipinski definition) is 3. The average molecular weight is 257 g/mol. The lowest BCUT2D eigenvalue weighted by molar-refractivity contribution is 0.0669. The second kappa shape index (κ2) is 6.12. The van der Waals surface area contributed by atoms with Crippen LogP contribution < -0.4 is 9.47 Å². The Bertz CT molecular complexity index is 362. The third-order valence-electron chi connectivity index (χ3n) is 2.83. The SMILES string of the molecule is COc1ccc(CCl)cc1OCC1CCCO1. The minimum atomic E-state index is 0.208. The van der Waals surface area contributed by atoms with Gasteiger partial charge in [-0.1, -0.05) is 6.07 Å². The third kappa shape index (κ3) is 3.27. The number of ether oxygens (including phenoxy) is 3. The van der Waals surface area contributed by atoms with Crippen LogP contribution in [0.2, 0.25) is 0 Å². The zero-order chi connectivity index (χ0) is 12.1. The predicted molar refractivity (Wildman–Crippen MR) is 67.0 cm³/mol. The van der Waals surface area contributed by atoms with Crippen LogP contribution in [-0.4, -0.2) is 26.4 Å². The Morgan fingerprint density at radius 2 is 2.29 bits per heavy atom. The first-order valence-corrected chi connectivity index (χ1v) is 6.34. The lowest BCUT2D eigenvalue weighted by Gasteiger charge is -2.14. The Labute approximate surface area is 107 Å². The first kappa shape index (κ1) is 12.5. The molecule has 3 nitrogen and oxygen atoms in total. The Morgan fingerprint density at radius 3 is 2.94 bits per heavy atom. The Balaban J connectivity index is 2.01. The molecule has 0 aliphatic carbocycles. The summed E-state index contributed by atoms with van der Waals surface area (Å²) >= 11 is 5.80. The molecule has 0 N–H and O–H groups in total. The maximum Gasteiger partial charge on any atom is 0.161 e. The molecular weight excluding hydrogens is 240 g/mol. The van der Waals surface area contributed by atoms with Crippen LogP contribution in [0.15, 0.2) is 18.2 Å². The van der Waals surface area contributed by atoms with Gasteiger partial charge in [-0.3, -0.25) is 0 Å². The van der Waals surface area contributed by atoms with Crippen LogP contribution in [0.1, 0.15) is 18.4 Å². The van der Waals surface area contributed by atoms with Gasteiger partial charge in [0.15, 0.2) is 11.5 Å². The van der Waals surface area contributed by atoms with Crippen molar-refractivity contribution in [2.24, 2.45) is 0 Å². The lowest BCUT2D eigenvalue weighted by atomic mass is 10.2. The maximum atomic E-state index is 5.80. The molecule has 17 heavy (non-hydrogen) atoms. The van der Waals surface area contributed by atoms with E-state index in [0.29, 0.717) is 12.5 Å². The molecule has 0 saturated carbocycles. The van der Waals surface area contributed by atoms with E-state index < -0.39 is 0 Å². The maximum absolute atomic E-state index is 5.80. The van der Waals surface area contributed by atoms with Crippen molar-refractivity contribution in [3.05, 3.63) is 23.8 Å². The quantitative estimate of drug-likeness (QED) is 0.758. The Morgan fingerprint density at radius 1 is 1.41 bits per heavy atom.